The van der Waals surface area contributed by atoms with E-state index in [4.69, 9.17) is 5.11 Å². The summed E-state index contributed by atoms with van der Waals surface area (Å²) in [5.41, 5.74) is 3.60. The van der Waals surface area contributed by atoms with Crippen LogP contribution in [0.15, 0.2) is 72.8 Å². The highest BCUT2D eigenvalue weighted by atomic mass is 16.6. The second-order valence-corrected chi connectivity index (χ2v) is 8.26. The third kappa shape index (κ3) is 5.04. The number of nitro groups is 3. The predicted molar refractivity (Wildman–Crippen MR) is 140 cm³/mol. The number of nitro benzene ring substituents is 3. The number of aromatic nitrogens is 2. The molecule has 1 N–H and O–H groups in total. The van der Waals surface area contributed by atoms with Crippen molar-refractivity contribution in [3.8, 4) is 16.9 Å². The third-order valence-corrected chi connectivity index (χ3v) is 5.64. The van der Waals surface area contributed by atoms with Gasteiger partial charge in [0.25, 0.3) is 11.4 Å². The van der Waals surface area contributed by atoms with Crippen LogP contribution in [0.25, 0.3) is 32.9 Å². The normalized spacial score (nSPS) is 10.6. The summed E-state index contributed by atoms with van der Waals surface area (Å²) in [6.07, 6.45) is 0. The van der Waals surface area contributed by atoms with Gasteiger partial charge in [-0.3, -0.25) is 40.3 Å². The first-order valence-electron chi connectivity index (χ1n) is 11.1. The van der Waals surface area contributed by atoms with Crippen LogP contribution in [0.1, 0.15) is 11.4 Å². The van der Waals surface area contributed by atoms with Crippen LogP contribution in [0.4, 0.5) is 17.1 Å². The minimum absolute atomic E-state index is 0.447. The molecule has 0 unspecified atom stereocenters. The number of phenols is 1. The standard InChI is InChI=1S/C20H16N2.C6H3N3O7/c1-13-11-17(15-7-3-5-9-19(15)21-13)18-12-14(2)22-20-10-6-4-8-16(18)20;10-6-4(8(13)14)1-3(7(11)12)2-5(6)9(15)16/h3-12H,1-2H3;1-2,10H. The Morgan fingerprint density at radius 2 is 1.03 bits per heavy atom. The fourth-order valence-electron chi connectivity index (χ4n) is 4.03. The van der Waals surface area contributed by atoms with Crippen LogP contribution in [0.3, 0.4) is 0 Å². The number of phenolic OH excluding ortho intramolecular Hbond substituents is 1. The molecule has 0 aliphatic heterocycles. The average molecular weight is 513 g/mol. The van der Waals surface area contributed by atoms with E-state index in [-0.39, 0.29) is 0 Å². The average Bonchev–Trinajstić information content (AvgIpc) is 2.87. The van der Waals surface area contributed by atoms with E-state index in [1.54, 1.807) is 0 Å². The van der Waals surface area contributed by atoms with Crippen LogP contribution in [0, 0.1) is 44.2 Å². The molecule has 12 nitrogen and oxygen atoms in total. The SMILES string of the molecule is Cc1cc(-c2cc(C)nc3ccccc23)c2ccccc2n1.O=[N+]([O-])c1cc([N+](=O)[O-])c(O)c([N+](=O)[O-])c1. The number of para-hydroxylation sites is 2. The van der Waals surface area contributed by atoms with Gasteiger partial charge in [-0.1, -0.05) is 36.4 Å². The number of benzene rings is 3. The van der Waals surface area contributed by atoms with Gasteiger partial charge in [-0.2, -0.15) is 0 Å². The molecule has 0 bridgehead atoms. The molecule has 0 atom stereocenters. The molecule has 0 saturated carbocycles. The number of hydrogen-bond acceptors (Lipinski definition) is 9. The van der Waals surface area contributed by atoms with Crippen LogP contribution in [-0.2, 0) is 0 Å². The van der Waals surface area contributed by atoms with Crippen LogP contribution in [0.2, 0.25) is 0 Å². The number of hydrogen-bond donors (Lipinski definition) is 1. The first kappa shape index (κ1) is 25.6. The molecule has 0 saturated heterocycles. The second kappa shape index (κ2) is 10.2. The Kier molecular flexibility index (Phi) is 6.88. The monoisotopic (exact) mass is 513 g/mol. The summed E-state index contributed by atoms with van der Waals surface area (Å²) < 4.78 is 0. The Balaban J connectivity index is 0.000000188. The molecule has 5 rings (SSSR count). The van der Waals surface area contributed by atoms with E-state index in [1.807, 2.05) is 26.0 Å². The third-order valence-electron chi connectivity index (χ3n) is 5.64. The zero-order valence-corrected chi connectivity index (χ0v) is 20.1. The Morgan fingerprint density at radius 3 is 1.39 bits per heavy atom. The van der Waals surface area contributed by atoms with Gasteiger partial charge in [-0.05, 0) is 49.2 Å². The number of aromatic hydroxyl groups is 1. The van der Waals surface area contributed by atoms with E-state index < -0.39 is 37.6 Å². The maximum absolute atomic E-state index is 10.4. The van der Waals surface area contributed by atoms with Crippen molar-refractivity contribution in [1.82, 2.24) is 9.97 Å². The van der Waals surface area contributed by atoms with Crippen molar-refractivity contribution in [3.05, 3.63) is 115 Å². The van der Waals surface area contributed by atoms with E-state index in [0.29, 0.717) is 12.1 Å². The highest BCUT2D eigenvalue weighted by molar-refractivity contribution is 6.03. The van der Waals surface area contributed by atoms with Gasteiger partial charge in [0.15, 0.2) is 0 Å². The highest BCUT2D eigenvalue weighted by Gasteiger charge is 2.30. The number of non-ortho nitro benzene ring substituents is 1. The minimum atomic E-state index is -1.21. The van der Waals surface area contributed by atoms with E-state index >= 15 is 0 Å². The fourth-order valence-corrected chi connectivity index (χ4v) is 4.03. The first-order valence-corrected chi connectivity index (χ1v) is 11.1. The van der Waals surface area contributed by atoms with Gasteiger partial charge >= 0.3 is 11.4 Å². The van der Waals surface area contributed by atoms with Gasteiger partial charge in [0, 0.05) is 22.2 Å². The van der Waals surface area contributed by atoms with Crippen molar-refractivity contribution in [2.24, 2.45) is 0 Å². The lowest BCUT2D eigenvalue weighted by Crippen LogP contribution is -1.97. The number of nitrogens with zero attached hydrogens (tertiary/aromatic N) is 5. The zero-order valence-electron chi connectivity index (χ0n) is 20.1. The number of rotatable bonds is 4. The molecule has 0 spiro atoms. The molecule has 0 aliphatic carbocycles. The summed E-state index contributed by atoms with van der Waals surface area (Å²) in [6, 6.07) is 21.9. The van der Waals surface area contributed by atoms with E-state index in [1.165, 1.54) is 21.9 Å². The van der Waals surface area contributed by atoms with E-state index in [2.05, 4.69) is 58.5 Å². The van der Waals surface area contributed by atoms with Crippen molar-refractivity contribution < 1.29 is 19.9 Å². The Labute approximate surface area is 214 Å². The van der Waals surface area contributed by atoms with Gasteiger partial charge in [-0.15, -0.1) is 0 Å². The summed E-state index contributed by atoms with van der Waals surface area (Å²) in [5, 5.41) is 42.6. The van der Waals surface area contributed by atoms with Gasteiger partial charge in [0.2, 0.25) is 0 Å². The summed E-state index contributed by atoms with van der Waals surface area (Å²) in [7, 11) is 0. The molecule has 38 heavy (non-hydrogen) atoms. The van der Waals surface area contributed by atoms with Crippen molar-refractivity contribution in [3.63, 3.8) is 0 Å². The minimum Gasteiger partial charge on any atom is -0.497 e. The molecule has 12 heteroatoms. The summed E-state index contributed by atoms with van der Waals surface area (Å²) in [4.78, 5) is 37.1. The first-order chi connectivity index (χ1) is 18.1. The molecule has 2 aromatic heterocycles. The molecule has 0 aliphatic rings. The lowest BCUT2D eigenvalue weighted by molar-refractivity contribution is -0.404. The Hall–Kier alpha value is -5.52. The summed E-state index contributed by atoms with van der Waals surface area (Å²) >= 11 is 0. The predicted octanol–water partition coefficient (Wildman–Crippen LogP) is 6.18. The van der Waals surface area contributed by atoms with Gasteiger partial charge < -0.3 is 5.11 Å². The highest BCUT2D eigenvalue weighted by Crippen LogP contribution is 2.39. The topological polar surface area (TPSA) is 175 Å². The lowest BCUT2D eigenvalue weighted by Gasteiger charge is -2.12. The summed E-state index contributed by atoms with van der Waals surface area (Å²) in [5.74, 6) is -1.21. The summed E-state index contributed by atoms with van der Waals surface area (Å²) in [6.45, 7) is 4.10. The molecular weight excluding hydrogens is 494 g/mol. The van der Waals surface area contributed by atoms with E-state index in [0.717, 1.165) is 22.4 Å². The number of pyridine rings is 2. The quantitative estimate of drug-likeness (QED) is 0.217. The van der Waals surface area contributed by atoms with Gasteiger partial charge in [0.05, 0.1) is 37.9 Å². The van der Waals surface area contributed by atoms with Gasteiger partial charge in [0.1, 0.15) is 0 Å². The van der Waals surface area contributed by atoms with Crippen molar-refractivity contribution in [2.75, 3.05) is 0 Å². The lowest BCUT2D eigenvalue weighted by atomic mass is 9.96. The Morgan fingerprint density at radius 1 is 0.632 bits per heavy atom. The molecular formula is C26H19N5O7. The molecule has 5 aromatic rings. The molecule has 0 amide bonds. The van der Waals surface area contributed by atoms with Crippen molar-refractivity contribution >= 4 is 38.9 Å². The smallest absolute Gasteiger partial charge is 0.324 e. The molecule has 190 valence electrons. The second-order valence-electron chi connectivity index (χ2n) is 8.26. The van der Waals surface area contributed by atoms with Gasteiger partial charge in [-0.25, -0.2) is 0 Å². The Bertz CT molecular complexity index is 1640. The maximum Gasteiger partial charge on any atom is 0.324 e. The van der Waals surface area contributed by atoms with Crippen molar-refractivity contribution in [1.29, 1.82) is 0 Å². The maximum atomic E-state index is 10.4. The number of aryl methyl sites for hydroxylation is 2. The molecule has 0 radical (unpaired) electrons. The van der Waals surface area contributed by atoms with Crippen molar-refractivity contribution in [2.45, 2.75) is 13.8 Å². The van der Waals surface area contributed by atoms with Crippen LogP contribution in [-0.4, -0.2) is 29.8 Å². The van der Waals surface area contributed by atoms with E-state index in [9.17, 15) is 30.3 Å². The largest absolute Gasteiger partial charge is 0.497 e. The van der Waals surface area contributed by atoms with Crippen LogP contribution < -0.4 is 0 Å². The number of fused-ring (bicyclic) bond motifs is 2. The van der Waals surface area contributed by atoms with Crippen LogP contribution in [0.5, 0.6) is 5.75 Å². The molecule has 3 aromatic carbocycles. The fraction of sp³-hybridized carbons (Fsp3) is 0.0769. The van der Waals surface area contributed by atoms with Crippen LogP contribution >= 0.6 is 0 Å². The molecule has 0 fully saturated rings. The molecule has 2 heterocycles. The zero-order chi connectivity index (χ0) is 27.6.